The van der Waals surface area contributed by atoms with Crippen LogP contribution in [0.15, 0.2) is 0 Å². The fourth-order valence-corrected chi connectivity index (χ4v) is 0.859. The van der Waals surface area contributed by atoms with Crippen LogP contribution in [0.3, 0.4) is 0 Å². The maximum Gasteiger partial charge on any atom is 0.497 e. The zero-order valence-electron chi connectivity index (χ0n) is 4.81. The number of hydrogen-bond donors (Lipinski definition) is 3. The van der Waals surface area contributed by atoms with Crippen molar-refractivity contribution < 1.29 is 9.09 Å². The molecule has 1 atom stereocenters. The Hall–Kier alpha value is -0.0600. The predicted octanol–water partition coefficient (Wildman–Crippen LogP) is -1.08. The highest BCUT2D eigenvalue weighted by molar-refractivity contribution is 7.17. The van der Waals surface area contributed by atoms with Crippen molar-refractivity contribution in [3.8, 4) is 0 Å². The summed E-state index contributed by atoms with van der Waals surface area (Å²) >= 11 is 0. The maximum absolute atomic E-state index is 9.90. The molecule has 1 heterocycles. The van der Waals surface area contributed by atoms with Gasteiger partial charge in [0.25, 0.3) is 0 Å². The molecule has 0 radical (unpaired) electrons. The van der Waals surface area contributed by atoms with E-state index in [1.807, 2.05) is 0 Å². The van der Waals surface area contributed by atoms with Crippen molar-refractivity contribution in [1.82, 2.24) is 16.0 Å². The van der Waals surface area contributed by atoms with Crippen molar-refractivity contribution in [2.75, 3.05) is 13.3 Å². The minimum Gasteiger partial charge on any atom is -0.292 e. The molecule has 0 aliphatic carbocycles. The number of rotatable bonds is 2. The van der Waals surface area contributed by atoms with Gasteiger partial charge in [0.2, 0.25) is 6.35 Å². The summed E-state index contributed by atoms with van der Waals surface area (Å²) in [5.41, 5.74) is 0. The van der Waals surface area contributed by atoms with Crippen molar-refractivity contribution in [1.29, 1.82) is 0 Å². The Morgan fingerprint density at radius 2 is 2.11 bits per heavy atom. The monoisotopic (exact) mass is 150 g/mol. The smallest absolute Gasteiger partial charge is 0.292 e. The van der Waals surface area contributed by atoms with Crippen LogP contribution in [0.5, 0.6) is 0 Å². The first kappa shape index (κ1) is 7.05. The van der Waals surface area contributed by atoms with E-state index in [0.29, 0.717) is 13.3 Å². The second-order valence-electron chi connectivity index (χ2n) is 1.59. The lowest BCUT2D eigenvalue weighted by atomic mass is 10.7. The van der Waals surface area contributed by atoms with Gasteiger partial charge in [-0.2, -0.15) is 0 Å². The average Bonchev–Trinajstić information content (AvgIpc) is 1.91. The Labute approximate surface area is 54.4 Å². The van der Waals surface area contributed by atoms with E-state index in [-0.39, 0.29) is 6.35 Å². The lowest BCUT2D eigenvalue weighted by Crippen LogP contribution is -2.55. The molecule has 1 aliphatic rings. The van der Waals surface area contributed by atoms with Gasteiger partial charge >= 0.3 is 8.69 Å². The molecule has 0 spiro atoms. The number of nitrogens with one attached hydrogen (secondary N) is 3. The van der Waals surface area contributed by atoms with Gasteiger partial charge in [0.05, 0.1) is 0 Å². The third kappa shape index (κ3) is 2.34. The summed E-state index contributed by atoms with van der Waals surface area (Å²) in [6.45, 7) is 1.37. The third-order valence-electron chi connectivity index (χ3n) is 0.991. The fraction of sp³-hybridized carbons (Fsp3) is 1.00. The molecule has 6 heteroatoms. The molecule has 9 heavy (non-hydrogen) atoms. The standard InChI is InChI=1S/C3H9N3O2P/c7-9-8-3-5-1-4-2-6-3/h3-6,9H,1-2H2/q+1. The van der Waals surface area contributed by atoms with E-state index in [2.05, 4.69) is 16.0 Å². The Morgan fingerprint density at radius 3 is 2.67 bits per heavy atom. The van der Waals surface area contributed by atoms with Gasteiger partial charge in [-0.3, -0.25) is 16.0 Å². The second kappa shape index (κ2) is 3.87. The van der Waals surface area contributed by atoms with E-state index in [1.54, 1.807) is 0 Å². The van der Waals surface area contributed by atoms with Crippen molar-refractivity contribution in [3.63, 3.8) is 0 Å². The molecule has 1 rings (SSSR count). The van der Waals surface area contributed by atoms with Crippen LogP contribution < -0.4 is 16.0 Å². The van der Waals surface area contributed by atoms with Crippen LogP contribution in [-0.2, 0) is 9.09 Å². The molecule has 0 bridgehead atoms. The summed E-state index contributed by atoms with van der Waals surface area (Å²) in [5, 5.41) is 8.74. The molecule has 3 N–H and O–H groups in total. The molecule has 0 aromatic heterocycles. The van der Waals surface area contributed by atoms with Gasteiger partial charge in [0, 0.05) is 13.3 Å². The van der Waals surface area contributed by atoms with Gasteiger partial charge in [-0.1, -0.05) is 0 Å². The van der Waals surface area contributed by atoms with Gasteiger partial charge in [0.1, 0.15) is 0 Å². The van der Waals surface area contributed by atoms with Crippen LogP contribution in [-0.4, -0.2) is 19.7 Å². The van der Waals surface area contributed by atoms with Gasteiger partial charge < -0.3 is 0 Å². The first-order valence-electron chi connectivity index (χ1n) is 2.64. The molecular weight excluding hydrogens is 141 g/mol. The van der Waals surface area contributed by atoms with Gasteiger partial charge in [-0.25, -0.2) is 0 Å². The van der Waals surface area contributed by atoms with Crippen molar-refractivity contribution in [3.05, 3.63) is 0 Å². The van der Waals surface area contributed by atoms with Gasteiger partial charge in [-0.05, 0) is 4.57 Å². The Bertz CT molecular complexity index is 95.1. The summed E-state index contributed by atoms with van der Waals surface area (Å²) in [4.78, 5) is 0. The van der Waals surface area contributed by atoms with E-state index in [0.717, 1.165) is 0 Å². The minimum atomic E-state index is -0.714. The molecule has 5 nitrogen and oxygen atoms in total. The van der Waals surface area contributed by atoms with Crippen LogP contribution in [0.25, 0.3) is 0 Å². The molecule has 0 aromatic rings. The quantitative estimate of drug-likeness (QED) is 0.437. The SMILES string of the molecule is O=[PH+]OC1NCNCN1. The minimum absolute atomic E-state index is 0.262. The molecular formula is C3H9N3O2P+. The molecule has 1 unspecified atom stereocenters. The zero-order valence-corrected chi connectivity index (χ0v) is 5.81. The Balaban J connectivity index is 2.15. The summed E-state index contributed by atoms with van der Waals surface area (Å²) in [6.07, 6.45) is -0.262. The predicted molar refractivity (Wildman–Crippen MR) is 33.0 cm³/mol. The first-order valence-corrected chi connectivity index (χ1v) is 3.45. The summed E-state index contributed by atoms with van der Waals surface area (Å²) in [6, 6.07) is 0. The van der Waals surface area contributed by atoms with Crippen LogP contribution in [0.1, 0.15) is 0 Å². The highest BCUT2D eigenvalue weighted by Gasteiger charge is 2.13. The Kier molecular flexibility index (Phi) is 3.03. The van der Waals surface area contributed by atoms with Crippen LogP contribution >= 0.6 is 8.69 Å². The normalized spacial score (nSPS) is 22.7. The van der Waals surface area contributed by atoms with Crippen LogP contribution in [0.4, 0.5) is 0 Å². The van der Waals surface area contributed by atoms with Gasteiger partial charge in [-0.15, -0.1) is 4.52 Å². The van der Waals surface area contributed by atoms with Crippen LogP contribution in [0.2, 0.25) is 0 Å². The van der Waals surface area contributed by atoms with Crippen LogP contribution in [0, 0.1) is 0 Å². The maximum atomic E-state index is 9.90. The largest absolute Gasteiger partial charge is 0.497 e. The lowest BCUT2D eigenvalue weighted by Gasteiger charge is -2.20. The molecule has 0 amide bonds. The highest BCUT2D eigenvalue weighted by Crippen LogP contribution is 1.97. The molecule has 0 saturated carbocycles. The van der Waals surface area contributed by atoms with Crippen molar-refractivity contribution in [2.45, 2.75) is 6.35 Å². The summed E-state index contributed by atoms with van der Waals surface area (Å²) < 4.78 is 14.6. The highest BCUT2D eigenvalue weighted by atomic mass is 31.1. The molecule has 1 fully saturated rings. The molecule has 0 aromatic carbocycles. The Morgan fingerprint density at radius 1 is 1.44 bits per heavy atom. The second-order valence-corrected chi connectivity index (χ2v) is 2.00. The third-order valence-corrected chi connectivity index (χ3v) is 1.32. The topological polar surface area (TPSA) is 62.4 Å². The molecule has 52 valence electrons. The first-order chi connectivity index (χ1) is 4.43. The van der Waals surface area contributed by atoms with E-state index < -0.39 is 8.69 Å². The average molecular weight is 150 g/mol. The van der Waals surface area contributed by atoms with E-state index in [4.69, 9.17) is 4.52 Å². The van der Waals surface area contributed by atoms with E-state index >= 15 is 0 Å². The molecule has 1 aliphatic heterocycles. The van der Waals surface area contributed by atoms with Gasteiger partial charge in [0.15, 0.2) is 0 Å². The fourth-order valence-electron chi connectivity index (χ4n) is 0.596. The van der Waals surface area contributed by atoms with E-state index in [1.165, 1.54) is 0 Å². The summed E-state index contributed by atoms with van der Waals surface area (Å²) in [7, 11) is -0.714. The van der Waals surface area contributed by atoms with E-state index in [9.17, 15) is 4.57 Å². The van der Waals surface area contributed by atoms with Crippen molar-refractivity contribution >= 4 is 8.69 Å². The summed E-state index contributed by atoms with van der Waals surface area (Å²) in [5.74, 6) is 0. The zero-order chi connectivity index (χ0) is 6.53. The number of hydrogen-bond acceptors (Lipinski definition) is 5. The lowest BCUT2D eigenvalue weighted by molar-refractivity contribution is 0.115. The molecule has 1 saturated heterocycles. The van der Waals surface area contributed by atoms with Crippen molar-refractivity contribution in [2.24, 2.45) is 0 Å².